The number of rotatable bonds is 8. The van der Waals surface area contributed by atoms with E-state index < -0.39 is 150 Å². The molecule has 7 rings (SSSR count). The van der Waals surface area contributed by atoms with Crippen molar-refractivity contribution in [3.8, 4) is 5.75 Å². The Morgan fingerprint density at radius 3 is 1.09 bits per heavy atom. The van der Waals surface area contributed by atoms with Crippen molar-refractivity contribution in [1.82, 2.24) is 4.98 Å². The van der Waals surface area contributed by atoms with Crippen LogP contribution in [0.15, 0.2) is 61.1 Å². The lowest BCUT2D eigenvalue weighted by Gasteiger charge is -2.44. The first-order valence-electron chi connectivity index (χ1n) is 19.2. The summed E-state index contributed by atoms with van der Waals surface area (Å²) in [6.07, 6.45) is -2.21. The smallest absolute Gasteiger partial charge is 0.410 e. The predicted octanol–water partition coefficient (Wildman–Crippen LogP) is 9.41. The third-order valence-electron chi connectivity index (χ3n) is 10.8. The highest BCUT2D eigenvalue weighted by Gasteiger charge is 2.52. The molecule has 0 aliphatic rings. The molecule has 0 aliphatic heterocycles. The quantitative estimate of drug-likeness (QED) is 0.0290. The van der Waals surface area contributed by atoms with Gasteiger partial charge in [-0.1, -0.05) is 48.0 Å². The third-order valence-corrected chi connectivity index (χ3v) is 10.8. The van der Waals surface area contributed by atoms with Crippen LogP contribution in [-0.2, 0) is 6.54 Å². The molecule has 7 aromatic rings. The molecule has 366 valence electrons. The molecule has 6 aromatic carbocycles. The van der Waals surface area contributed by atoms with Crippen LogP contribution in [0.4, 0.5) is 87.8 Å². The van der Waals surface area contributed by atoms with Gasteiger partial charge in [-0.3, -0.25) is 4.98 Å². The molecule has 25 heteroatoms. The van der Waals surface area contributed by atoms with E-state index in [1.165, 1.54) is 0 Å². The fraction of sp³-hybridized carbons (Fsp3) is 0.0889. The lowest BCUT2D eigenvalue weighted by atomic mass is 9.12. The van der Waals surface area contributed by atoms with E-state index in [1.54, 1.807) is 18.6 Å². The van der Waals surface area contributed by atoms with Crippen molar-refractivity contribution in [3.05, 3.63) is 205 Å². The zero-order valence-corrected chi connectivity index (χ0v) is 34.8. The summed E-state index contributed by atoms with van der Waals surface area (Å²) in [5, 5.41) is 0. The summed E-state index contributed by atoms with van der Waals surface area (Å²) in [7, 11) is 0. The first-order chi connectivity index (χ1) is 32.7. The Hall–Kier alpha value is -7.47. The van der Waals surface area contributed by atoms with Gasteiger partial charge in [0.05, 0.1) is 6.20 Å². The predicted molar refractivity (Wildman–Crippen MR) is 205 cm³/mol. The molecule has 0 fully saturated rings. The summed E-state index contributed by atoms with van der Waals surface area (Å²) in [4.78, 5) is 16.8. The number of ether oxygens (including phenoxy) is 1. The summed E-state index contributed by atoms with van der Waals surface area (Å²) in [6, 6.07) is 14.0. The number of aromatic nitrogens is 2. The van der Waals surface area contributed by atoms with Gasteiger partial charge < -0.3 is 4.74 Å². The second-order valence-electron chi connectivity index (χ2n) is 15.0. The van der Waals surface area contributed by atoms with Gasteiger partial charge in [0.1, 0.15) is 64.6 Å². The summed E-state index contributed by atoms with van der Waals surface area (Å²) in [5.41, 5.74) is -9.76. The standard InChI is InChI=1S/C24BF20.C21H21N2O2/c26-5-1(6(27)14(35)21(42)13(5)34)25(2-7(28)15(36)22(43)16(37)8(2)29,3-9(30)17(38)23(44)18(39)10(3)31)4-11(32)19(40)24(45)20(41)12(4)33;1-15-11-16(2)20(17(3)12-15)25-21(24)19-13-22-9-10-23(19)14-18-7-5-4-6-8-18/h;4-13H,14H2,1-3H3/q-1;+1. The lowest BCUT2D eigenvalue weighted by molar-refractivity contribution is -0.691. The largest absolute Gasteiger partial charge is 0.418 e. The van der Waals surface area contributed by atoms with Crippen LogP contribution in [0.2, 0.25) is 0 Å². The summed E-state index contributed by atoms with van der Waals surface area (Å²) in [5.74, 6) is -71.2. The summed E-state index contributed by atoms with van der Waals surface area (Å²) in [6.45, 7) is 6.51. The van der Waals surface area contributed by atoms with Crippen LogP contribution < -0.4 is 31.2 Å². The van der Waals surface area contributed by atoms with E-state index in [0.29, 0.717) is 18.0 Å². The number of halogens is 20. The average molecular weight is 1010 g/mol. The van der Waals surface area contributed by atoms with Crippen molar-refractivity contribution in [3.63, 3.8) is 0 Å². The summed E-state index contributed by atoms with van der Waals surface area (Å²) >= 11 is 0. The van der Waals surface area contributed by atoms with E-state index in [2.05, 4.69) is 4.98 Å². The number of hydrogen-bond acceptors (Lipinski definition) is 3. The van der Waals surface area contributed by atoms with Gasteiger partial charge >= 0.3 is 11.7 Å². The van der Waals surface area contributed by atoms with Crippen LogP contribution in [-0.4, -0.2) is 17.1 Å². The molecule has 0 N–H and O–H groups in total. The molecule has 1 heterocycles. The molecule has 0 radical (unpaired) electrons. The molecule has 0 saturated carbocycles. The number of esters is 1. The van der Waals surface area contributed by atoms with Crippen LogP contribution in [0.25, 0.3) is 0 Å². The Morgan fingerprint density at radius 2 is 0.771 bits per heavy atom. The van der Waals surface area contributed by atoms with Crippen molar-refractivity contribution in [2.24, 2.45) is 0 Å². The summed E-state index contributed by atoms with van der Waals surface area (Å²) < 4.78 is 301. The van der Waals surface area contributed by atoms with Gasteiger partial charge in [-0.25, -0.2) is 92.6 Å². The van der Waals surface area contributed by atoms with E-state index in [0.717, 1.165) is 22.3 Å². The average Bonchev–Trinajstić information content (AvgIpc) is 3.33. The molecular weight excluding hydrogens is 991 g/mol. The van der Waals surface area contributed by atoms with Gasteiger partial charge in [-0.2, -0.15) is 4.57 Å². The van der Waals surface area contributed by atoms with E-state index in [9.17, 15) is 57.5 Å². The molecule has 0 aliphatic carbocycles. The highest BCUT2D eigenvalue weighted by atomic mass is 19.2. The molecule has 0 spiro atoms. The molecular formula is C45H21BF20N2O2. The molecule has 70 heavy (non-hydrogen) atoms. The lowest BCUT2D eigenvalue weighted by Crippen LogP contribution is -2.81. The van der Waals surface area contributed by atoms with E-state index in [-0.39, 0.29) is 0 Å². The third kappa shape index (κ3) is 8.43. The molecule has 0 atom stereocenters. The van der Waals surface area contributed by atoms with Gasteiger partial charge in [0.15, 0.2) is 82.5 Å². The Bertz CT molecular complexity index is 2880. The first-order valence-corrected chi connectivity index (χ1v) is 19.2. The SMILES string of the molecule is Cc1cc(C)c(OC(=O)c2cncc[n+]2Cc2ccccc2)c(C)c1.Fc1c(F)c(F)c([B-](c2c(F)c(F)c(F)c(F)c2F)(c2c(F)c(F)c(F)c(F)c2F)c2c(F)c(F)c(F)c(F)c2F)c(F)c1F. The Balaban J connectivity index is 0.000000270. The molecule has 0 bridgehead atoms. The highest BCUT2D eigenvalue weighted by molar-refractivity contribution is 7.20. The second-order valence-corrected chi connectivity index (χ2v) is 15.0. The minimum atomic E-state index is -7.22. The van der Waals surface area contributed by atoms with Gasteiger partial charge in [-0.15, -0.1) is 21.9 Å². The van der Waals surface area contributed by atoms with Gasteiger partial charge in [0.25, 0.3) is 0 Å². The number of benzene rings is 6. The van der Waals surface area contributed by atoms with Crippen molar-refractivity contribution in [2.75, 3.05) is 0 Å². The Morgan fingerprint density at radius 1 is 0.471 bits per heavy atom. The van der Waals surface area contributed by atoms with E-state index in [4.69, 9.17) is 4.74 Å². The van der Waals surface area contributed by atoms with Crippen LogP contribution in [0.1, 0.15) is 32.7 Å². The second kappa shape index (κ2) is 19.5. The molecule has 0 amide bonds. The first kappa shape index (κ1) is 51.9. The number of carbonyl (C=O) groups is 1. The number of aryl methyl sites for hydroxylation is 3. The van der Waals surface area contributed by atoms with Crippen molar-refractivity contribution >= 4 is 34.0 Å². The molecule has 0 saturated heterocycles. The number of hydrogen-bond donors (Lipinski definition) is 0. The fourth-order valence-corrected chi connectivity index (χ4v) is 7.82. The van der Waals surface area contributed by atoms with Gasteiger partial charge in [0.2, 0.25) is 0 Å². The van der Waals surface area contributed by atoms with Crippen LogP contribution in [0.5, 0.6) is 5.75 Å². The van der Waals surface area contributed by atoms with Crippen molar-refractivity contribution in [1.29, 1.82) is 0 Å². The minimum Gasteiger partial charge on any atom is -0.418 e. The van der Waals surface area contributed by atoms with E-state index >= 15 is 35.1 Å². The topological polar surface area (TPSA) is 43.1 Å². The maximum atomic E-state index is 15.4. The number of nitrogens with zero attached hydrogens (tertiary/aromatic N) is 2. The zero-order valence-electron chi connectivity index (χ0n) is 34.8. The normalized spacial score (nSPS) is 11.5. The molecule has 0 unspecified atom stereocenters. The van der Waals surface area contributed by atoms with Gasteiger partial charge in [0, 0.05) is 5.56 Å². The van der Waals surface area contributed by atoms with Crippen LogP contribution >= 0.6 is 0 Å². The van der Waals surface area contributed by atoms with E-state index in [1.807, 2.05) is 67.8 Å². The van der Waals surface area contributed by atoms with Crippen molar-refractivity contribution < 1.29 is 102 Å². The van der Waals surface area contributed by atoms with Crippen LogP contribution in [0, 0.1) is 137 Å². The highest BCUT2D eigenvalue weighted by Crippen LogP contribution is 2.31. The zero-order chi connectivity index (χ0) is 52.2. The van der Waals surface area contributed by atoms with Crippen LogP contribution in [0.3, 0.4) is 0 Å². The Kier molecular flexibility index (Phi) is 14.5. The minimum absolute atomic E-state index is 0.404. The fourth-order valence-electron chi connectivity index (χ4n) is 7.82. The molecule has 4 nitrogen and oxygen atoms in total. The Labute approximate surface area is 378 Å². The number of carbonyl (C=O) groups excluding carboxylic acids is 1. The molecule has 1 aromatic heterocycles. The van der Waals surface area contributed by atoms with Crippen molar-refractivity contribution in [2.45, 2.75) is 27.3 Å². The maximum Gasteiger partial charge on any atom is 0.410 e. The van der Waals surface area contributed by atoms with Gasteiger partial charge in [-0.05, 0) is 31.9 Å². The monoisotopic (exact) mass is 1010 g/mol. The maximum absolute atomic E-state index is 15.4.